The molecule has 0 rings (SSSR count). The summed E-state index contributed by atoms with van der Waals surface area (Å²) in [5, 5.41) is 19.3. The molecule has 0 aliphatic carbocycles. The maximum absolute atomic E-state index is 10.3. The van der Waals surface area contributed by atoms with Crippen molar-refractivity contribution in [3.8, 4) is 6.07 Å². The van der Waals surface area contributed by atoms with Crippen LogP contribution in [0.25, 0.3) is 0 Å². The van der Waals surface area contributed by atoms with Crippen LogP contribution in [-0.4, -0.2) is 26.4 Å². The van der Waals surface area contributed by atoms with Crippen molar-refractivity contribution in [2.75, 3.05) is 13.2 Å². The van der Waals surface area contributed by atoms with E-state index in [4.69, 9.17) is 9.69 Å². The zero-order valence-corrected chi connectivity index (χ0v) is 13.0. The summed E-state index contributed by atoms with van der Waals surface area (Å²) in [7, 11) is -1.74. The molecule has 0 aromatic carbocycles. The van der Waals surface area contributed by atoms with E-state index >= 15 is 0 Å². The lowest BCUT2D eigenvalue weighted by atomic mass is 10.1. The van der Waals surface area contributed by atoms with Gasteiger partial charge in [0.25, 0.3) is 0 Å². The lowest BCUT2D eigenvalue weighted by molar-refractivity contribution is -0.485. The first-order chi connectivity index (χ1) is 8.10. The molecule has 0 saturated carbocycles. The number of nitrogens with zero attached hydrogens (tertiary/aromatic N) is 2. The molecular formula is C12H24N2O3Si. The summed E-state index contributed by atoms with van der Waals surface area (Å²) < 4.78 is 5.95. The van der Waals surface area contributed by atoms with Crippen molar-refractivity contribution in [1.29, 1.82) is 5.26 Å². The standard InChI is InChI=1S/C12H24N2O3Si/c1-12(2,3)18(4,5)17-8-6-7-11(9-13)10-14(15)16/h11H,6-8,10H2,1-5H3/t11-/m1/s1. The maximum atomic E-state index is 10.3. The average molecular weight is 272 g/mol. The Bertz CT molecular complexity index is 318. The average Bonchev–Trinajstić information content (AvgIpc) is 2.20. The molecule has 0 amide bonds. The van der Waals surface area contributed by atoms with E-state index in [1.807, 2.05) is 6.07 Å². The molecule has 6 heteroatoms. The molecule has 0 heterocycles. The fourth-order valence-electron chi connectivity index (χ4n) is 1.25. The van der Waals surface area contributed by atoms with Crippen molar-refractivity contribution in [1.82, 2.24) is 0 Å². The van der Waals surface area contributed by atoms with Gasteiger partial charge in [-0.05, 0) is 31.0 Å². The predicted molar refractivity (Wildman–Crippen MR) is 73.3 cm³/mol. The Kier molecular flexibility index (Phi) is 6.50. The Morgan fingerprint density at radius 2 is 2.00 bits per heavy atom. The van der Waals surface area contributed by atoms with Crippen LogP contribution in [0.5, 0.6) is 0 Å². The van der Waals surface area contributed by atoms with Gasteiger partial charge in [-0.15, -0.1) is 0 Å². The van der Waals surface area contributed by atoms with Gasteiger partial charge in [-0.3, -0.25) is 10.1 Å². The van der Waals surface area contributed by atoms with Crippen LogP contribution < -0.4 is 0 Å². The lowest BCUT2D eigenvalue weighted by Gasteiger charge is -2.36. The summed E-state index contributed by atoms with van der Waals surface area (Å²) in [6.07, 6.45) is 1.24. The molecule has 0 aromatic rings. The molecule has 5 nitrogen and oxygen atoms in total. The van der Waals surface area contributed by atoms with Crippen molar-refractivity contribution >= 4 is 8.32 Å². The third-order valence-electron chi connectivity index (χ3n) is 3.52. The van der Waals surface area contributed by atoms with E-state index in [1.54, 1.807) is 0 Å². The summed E-state index contributed by atoms with van der Waals surface area (Å²) in [4.78, 5) is 9.89. The molecule has 0 radical (unpaired) electrons. The molecule has 0 unspecified atom stereocenters. The van der Waals surface area contributed by atoms with Gasteiger partial charge in [-0.2, -0.15) is 5.26 Å². The van der Waals surface area contributed by atoms with Crippen LogP contribution in [-0.2, 0) is 4.43 Å². The van der Waals surface area contributed by atoms with E-state index in [0.29, 0.717) is 19.4 Å². The van der Waals surface area contributed by atoms with Crippen LogP contribution in [0.15, 0.2) is 0 Å². The van der Waals surface area contributed by atoms with Gasteiger partial charge >= 0.3 is 0 Å². The van der Waals surface area contributed by atoms with Crippen LogP contribution in [0.4, 0.5) is 0 Å². The Morgan fingerprint density at radius 3 is 2.39 bits per heavy atom. The Morgan fingerprint density at radius 1 is 1.44 bits per heavy atom. The quantitative estimate of drug-likeness (QED) is 0.308. The third kappa shape index (κ3) is 6.12. The van der Waals surface area contributed by atoms with E-state index in [-0.39, 0.29) is 11.6 Å². The molecule has 0 bridgehead atoms. The second-order valence-corrected chi connectivity index (χ2v) is 10.9. The zero-order valence-electron chi connectivity index (χ0n) is 12.0. The van der Waals surface area contributed by atoms with Crippen LogP contribution in [0.3, 0.4) is 0 Å². The highest BCUT2D eigenvalue weighted by Gasteiger charge is 2.36. The molecule has 0 saturated heterocycles. The first-order valence-corrected chi connectivity index (χ1v) is 9.16. The monoisotopic (exact) mass is 272 g/mol. The van der Waals surface area contributed by atoms with Gasteiger partial charge in [0.1, 0.15) is 5.92 Å². The first kappa shape index (κ1) is 17.1. The highest BCUT2D eigenvalue weighted by molar-refractivity contribution is 6.74. The highest BCUT2D eigenvalue weighted by atomic mass is 28.4. The normalized spacial score (nSPS) is 14.0. The van der Waals surface area contributed by atoms with Crippen LogP contribution >= 0.6 is 0 Å². The maximum Gasteiger partial charge on any atom is 0.219 e. The van der Waals surface area contributed by atoms with Crippen LogP contribution in [0.1, 0.15) is 33.6 Å². The fraction of sp³-hybridized carbons (Fsp3) is 0.917. The Balaban J connectivity index is 4.00. The summed E-state index contributed by atoms with van der Waals surface area (Å²) in [6, 6.07) is 1.98. The van der Waals surface area contributed by atoms with Crippen molar-refractivity contribution in [3.63, 3.8) is 0 Å². The number of hydrogen-bond acceptors (Lipinski definition) is 4. The molecule has 104 valence electrons. The molecule has 0 aliphatic rings. The second-order valence-electron chi connectivity index (χ2n) is 6.09. The molecule has 1 atom stereocenters. The van der Waals surface area contributed by atoms with Gasteiger partial charge in [0.2, 0.25) is 6.54 Å². The summed E-state index contributed by atoms with van der Waals surface area (Å²) in [5.74, 6) is -0.497. The Hall–Kier alpha value is -0.933. The van der Waals surface area contributed by atoms with Gasteiger partial charge in [0.05, 0.1) is 6.07 Å². The van der Waals surface area contributed by atoms with Gasteiger partial charge in [-0.25, -0.2) is 0 Å². The highest BCUT2D eigenvalue weighted by Crippen LogP contribution is 2.36. The SMILES string of the molecule is CC(C)(C)[Si](C)(C)OCCC[C@H](C#N)C[N+](=O)[O-]. The van der Waals surface area contributed by atoms with E-state index in [1.165, 1.54) is 0 Å². The van der Waals surface area contributed by atoms with E-state index < -0.39 is 19.2 Å². The van der Waals surface area contributed by atoms with E-state index in [0.717, 1.165) is 0 Å². The summed E-state index contributed by atoms with van der Waals surface area (Å²) >= 11 is 0. The largest absolute Gasteiger partial charge is 0.417 e. The fourth-order valence-corrected chi connectivity index (χ4v) is 2.34. The molecule has 0 aromatic heterocycles. The molecule has 0 N–H and O–H groups in total. The predicted octanol–water partition coefficient (Wildman–Crippen LogP) is 3.20. The smallest absolute Gasteiger partial charge is 0.219 e. The van der Waals surface area contributed by atoms with E-state index in [2.05, 4.69) is 33.9 Å². The molecule has 18 heavy (non-hydrogen) atoms. The van der Waals surface area contributed by atoms with Gasteiger partial charge < -0.3 is 4.43 Å². The first-order valence-electron chi connectivity index (χ1n) is 6.25. The van der Waals surface area contributed by atoms with E-state index in [9.17, 15) is 10.1 Å². The minimum absolute atomic E-state index is 0.169. The second kappa shape index (κ2) is 6.85. The van der Waals surface area contributed by atoms with Gasteiger partial charge in [-0.1, -0.05) is 20.8 Å². The van der Waals surface area contributed by atoms with Crippen LogP contribution in [0, 0.1) is 27.4 Å². The van der Waals surface area contributed by atoms with Crippen molar-refractivity contribution in [2.24, 2.45) is 5.92 Å². The number of rotatable bonds is 7. The summed E-state index contributed by atoms with van der Waals surface area (Å²) in [6.45, 7) is 11.2. The minimum Gasteiger partial charge on any atom is -0.417 e. The molecule has 0 spiro atoms. The number of nitro groups is 1. The molecule has 0 aliphatic heterocycles. The summed E-state index contributed by atoms with van der Waals surface area (Å²) in [5.41, 5.74) is 0. The lowest BCUT2D eigenvalue weighted by Crippen LogP contribution is -2.41. The minimum atomic E-state index is -1.74. The van der Waals surface area contributed by atoms with Crippen molar-refractivity contribution < 1.29 is 9.35 Å². The third-order valence-corrected chi connectivity index (χ3v) is 8.06. The van der Waals surface area contributed by atoms with Gasteiger partial charge in [0, 0.05) is 11.5 Å². The van der Waals surface area contributed by atoms with Crippen molar-refractivity contribution in [3.05, 3.63) is 10.1 Å². The molecule has 0 fully saturated rings. The number of hydrogen-bond donors (Lipinski definition) is 0. The van der Waals surface area contributed by atoms with Gasteiger partial charge in [0.15, 0.2) is 8.32 Å². The molecular weight excluding hydrogens is 248 g/mol. The Labute approximate surface area is 110 Å². The van der Waals surface area contributed by atoms with Crippen LogP contribution in [0.2, 0.25) is 18.1 Å². The number of nitriles is 1. The zero-order chi connectivity index (χ0) is 14.4. The topological polar surface area (TPSA) is 76.2 Å². The van der Waals surface area contributed by atoms with Crippen molar-refractivity contribution in [2.45, 2.75) is 51.7 Å².